The van der Waals surface area contributed by atoms with Crippen molar-refractivity contribution in [3.05, 3.63) is 114 Å². The van der Waals surface area contributed by atoms with Gasteiger partial charge in [0.05, 0.1) is 12.7 Å². The molecule has 8 nitrogen and oxygen atoms in total. The van der Waals surface area contributed by atoms with Gasteiger partial charge in [0.25, 0.3) is 0 Å². The number of rotatable bonds is 10. The SMILES string of the molecule is O=C(O)/C=C/c1ccc(C[n+]2ccn(C(CC(=O)O)c3ccc(Cn4ccnc4)cc3)c2)cc1. The van der Waals surface area contributed by atoms with E-state index in [1.165, 1.54) is 0 Å². The highest BCUT2D eigenvalue weighted by Crippen LogP contribution is 2.22. The molecule has 0 spiro atoms. The summed E-state index contributed by atoms with van der Waals surface area (Å²) in [5.41, 5.74) is 3.90. The molecule has 0 amide bonds. The van der Waals surface area contributed by atoms with Crippen molar-refractivity contribution in [1.29, 1.82) is 0 Å². The van der Waals surface area contributed by atoms with Crippen LogP contribution in [-0.4, -0.2) is 36.3 Å². The number of imidazole rings is 2. The van der Waals surface area contributed by atoms with Crippen LogP contribution in [0.25, 0.3) is 6.08 Å². The van der Waals surface area contributed by atoms with Gasteiger partial charge in [-0.3, -0.25) is 4.79 Å². The van der Waals surface area contributed by atoms with Gasteiger partial charge in [0.15, 0.2) is 0 Å². The molecule has 0 saturated carbocycles. The molecule has 0 fully saturated rings. The van der Waals surface area contributed by atoms with Crippen LogP contribution in [-0.2, 0) is 22.7 Å². The molecule has 34 heavy (non-hydrogen) atoms. The second-order valence-electron chi connectivity index (χ2n) is 8.04. The molecule has 1 unspecified atom stereocenters. The van der Waals surface area contributed by atoms with Crippen molar-refractivity contribution in [3.63, 3.8) is 0 Å². The zero-order valence-corrected chi connectivity index (χ0v) is 18.4. The van der Waals surface area contributed by atoms with Gasteiger partial charge < -0.3 is 14.8 Å². The zero-order chi connectivity index (χ0) is 23.9. The molecule has 4 aromatic rings. The summed E-state index contributed by atoms with van der Waals surface area (Å²) in [5.74, 6) is -1.84. The maximum Gasteiger partial charge on any atom is 0.328 e. The number of carboxylic acids is 2. The van der Waals surface area contributed by atoms with Crippen molar-refractivity contribution >= 4 is 18.0 Å². The van der Waals surface area contributed by atoms with Gasteiger partial charge >= 0.3 is 11.9 Å². The van der Waals surface area contributed by atoms with Crippen molar-refractivity contribution < 1.29 is 24.4 Å². The highest BCUT2D eigenvalue weighted by atomic mass is 16.4. The molecule has 4 rings (SSSR count). The molecule has 2 N–H and O–H groups in total. The van der Waals surface area contributed by atoms with Gasteiger partial charge in [0, 0.05) is 25.0 Å². The van der Waals surface area contributed by atoms with Gasteiger partial charge in [0.2, 0.25) is 6.33 Å². The Labute approximate surface area is 196 Å². The number of carbonyl (C=O) groups is 2. The Bertz CT molecular complexity index is 1270. The van der Waals surface area contributed by atoms with Crippen LogP contribution in [0.1, 0.15) is 34.7 Å². The van der Waals surface area contributed by atoms with Gasteiger partial charge in [0.1, 0.15) is 25.0 Å². The average Bonchev–Trinajstić information content (AvgIpc) is 3.50. The number of benzene rings is 2. The second kappa shape index (κ2) is 10.4. The van der Waals surface area contributed by atoms with Gasteiger partial charge in [-0.1, -0.05) is 48.5 Å². The first-order valence-corrected chi connectivity index (χ1v) is 10.8. The van der Waals surface area contributed by atoms with Crippen LogP contribution in [0.15, 0.2) is 92.0 Å². The van der Waals surface area contributed by atoms with Crippen LogP contribution < -0.4 is 4.57 Å². The Hall–Kier alpha value is -4.46. The monoisotopic (exact) mass is 457 g/mol. The number of nitrogens with zero attached hydrogens (tertiary/aromatic N) is 4. The standard InChI is InChI=1S/C26H24N4O4/c31-25(32)10-7-20-1-3-21(4-2-20)17-29-13-14-30(19-29)24(15-26(33)34)23-8-5-22(6-9-23)16-28-12-11-27-18-28/h1-14,18-19,24H,15-17H2,(H-,31,32,33,34)/p+1/b10-7+. The third kappa shape index (κ3) is 6.07. The lowest BCUT2D eigenvalue weighted by Gasteiger charge is -2.13. The predicted molar refractivity (Wildman–Crippen MR) is 125 cm³/mol. The van der Waals surface area contributed by atoms with E-state index in [0.717, 1.165) is 28.3 Å². The van der Waals surface area contributed by atoms with Crippen molar-refractivity contribution in [1.82, 2.24) is 14.1 Å². The molecule has 0 aliphatic heterocycles. The molecular formula is C26H25N4O4+. The summed E-state index contributed by atoms with van der Waals surface area (Å²) in [5, 5.41) is 18.2. The van der Waals surface area contributed by atoms with Crippen LogP contribution in [0.4, 0.5) is 0 Å². The lowest BCUT2D eigenvalue weighted by molar-refractivity contribution is -0.687. The van der Waals surface area contributed by atoms with Gasteiger partial charge in [-0.25, -0.2) is 18.9 Å². The van der Waals surface area contributed by atoms with E-state index in [4.69, 9.17) is 5.11 Å². The van der Waals surface area contributed by atoms with E-state index in [1.807, 2.05) is 87.2 Å². The maximum absolute atomic E-state index is 11.6. The zero-order valence-electron chi connectivity index (χ0n) is 18.4. The normalized spacial score (nSPS) is 12.1. The van der Waals surface area contributed by atoms with Crippen LogP contribution >= 0.6 is 0 Å². The molecular weight excluding hydrogens is 432 g/mol. The lowest BCUT2D eigenvalue weighted by atomic mass is 10.0. The second-order valence-corrected chi connectivity index (χ2v) is 8.04. The molecule has 8 heteroatoms. The molecule has 2 heterocycles. The molecule has 0 bridgehead atoms. The predicted octanol–water partition coefficient (Wildman–Crippen LogP) is 3.23. The lowest BCUT2D eigenvalue weighted by Crippen LogP contribution is -2.32. The first-order valence-electron chi connectivity index (χ1n) is 10.8. The minimum Gasteiger partial charge on any atom is -0.481 e. The molecule has 0 saturated heterocycles. The Morgan fingerprint density at radius 2 is 1.74 bits per heavy atom. The minimum atomic E-state index is -0.982. The van der Waals surface area contributed by atoms with E-state index >= 15 is 0 Å². The smallest absolute Gasteiger partial charge is 0.328 e. The fourth-order valence-corrected chi connectivity index (χ4v) is 3.80. The van der Waals surface area contributed by atoms with E-state index in [1.54, 1.807) is 18.6 Å². The van der Waals surface area contributed by atoms with Crippen LogP contribution in [0.5, 0.6) is 0 Å². The van der Waals surface area contributed by atoms with Crippen LogP contribution in [0.3, 0.4) is 0 Å². The van der Waals surface area contributed by atoms with Crippen LogP contribution in [0, 0.1) is 0 Å². The van der Waals surface area contributed by atoms with Gasteiger partial charge in [-0.05, 0) is 28.3 Å². The number of aromatic nitrogens is 4. The molecule has 0 radical (unpaired) electrons. The summed E-state index contributed by atoms with van der Waals surface area (Å²) in [4.78, 5) is 26.3. The number of carboxylic acid groups (broad SMARTS) is 2. The van der Waals surface area contributed by atoms with E-state index in [0.29, 0.717) is 13.1 Å². The number of hydrogen-bond donors (Lipinski definition) is 2. The molecule has 2 aromatic heterocycles. The Kier molecular flexibility index (Phi) is 6.98. The van der Waals surface area contributed by atoms with E-state index < -0.39 is 11.9 Å². The van der Waals surface area contributed by atoms with Crippen molar-refractivity contribution in [3.8, 4) is 0 Å². The Balaban J connectivity index is 1.48. The van der Waals surface area contributed by atoms with Crippen LogP contribution in [0.2, 0.25) is 0 Å². The summed E-state index contributed by atoms with van der Waals surface area (Å²) in [6, 6.07) is 15.3. The minimum absolute atomic E-state index is 0.0276. The summed E-state index contributed by atoms with van der Waals surface area (Å²) in [6.45, 7) is 1.32. The van der Waals surface area contributed by atoms with Crippen molar-refractivity contribution in [2.24, 2.45) is 0 Å². The van der Waals surface area contributed by atoms with E-state index in [2.05, 4.69) is 4.98 Å². The summed E-state index contributed by atoms with van der Waals surface area (Å²) in [7, 11) is 0. The molecule has 0 aliphatic carbocycles. The third-order valence-electron chi connectivity index (χ3n) is 5.49. The molecule has 1 atom stereocenters. The molecule has 2 aromatic carbocycles. The summed E-state index contributed by atoms with van der Waals surface area (Å²) < 4.78 is 5.89. The first kappa shape index (κ1) is 22.7. The Morgan fingerprint density at radius 1 is 1.00 bits per heavy atom. The third-order valence-corrected chi connectivity index (χ3v) is 5.49. The first-order chi connectivity index (χ1) is 16.5. The highest BCUT2D eigenvalue weighted by molar-refractivity contribution is 5.85. The largest absolute Gasteiger partial charge is 0.481 e. The summed E-state index contributed by atoms with van der Waals surface area (Å²) >= 11 is 0. The van der Waals surface area contributed by atoms with E-state index in [-0.39, 0.29) is 12.5 Å². The van der Waals surface area contributed by atoms with Crippen molar-refractivity contribution in [2.75, 3.05) is 0 Å². The van der Waals surface area contributed by atoms with Gasteiger partial charge in [-0.15, -0.1) is 0 Å². The summed E-state index contributed by atoms with van der Waals surface area (Å²) in [6.07, 6.45) is 13.7. The molecule has 0 aliphatic rings. The fourth-order valence-electron chi connectivity index (χ4n) is 3.80. The fraction of sp³-hybridized carbons (Fsp3) is 0.154. The van der Waals surface area contributed by atoms with Gasteiger partial charge in [-0.2, -0.15) is 0 Å². The number of aliphatic carboxylic acids is 2. The quantitative estimate of drug-likeness (QED) is 0.281. The highest BCUT2D eigenvalue weighted by Gasteiger charge is 2.22. The van der Waals surface area contributed by atoms with Crippen molar-refractivity contribution in [2.45, 2.75) is 25.6 Å². The topological polar surface area (TPSA) is 101 Å². The number of hydrogen-bond acceptors (Lipinski definition) is 3. The van der Waals surface area contributed by atoms with E-state index in [9.17, 15) is 14.7 Å². The maximum atomic E-state index is 11.6. The Morgan fingerprint density at radius 3 is 2.38 bits per heavy atom. The molecule has 172 valence electrons. The average molecular weight is 458 g/mol.